The van der Waals surface area contributed by atoms with Crippen LogP contribution in [0.4, 0.5) is 4.39 Å². The van der Waals surface area contributed by atoms with Crippen LogP contribution in [0.1, 0.15) is 38.6 Å². The molecule has 0 saturated heterocycles. The third-order valence-electron chi connectivity index (χ3n) is 2.97. The van der Waals surface area contributed by atoms with Gasteiger partial charge in [-0.1, -0.05) is 19.9 Å². The number of nitrogens with zero attached hydrogens (tertiary/aromatic N) is 2. The van der Waals surface area contributed by atoms with Crippen molar-refractivity contribution < 1.29 is 8.81 Å². The molecule has 1 aromatic heterocycles. The summed E-state index contributed by atoms with van der Waals surface area (Å²) in [6.07, 6.45) is 1.86. The van der Waals surface area contributed by atoms with Crippen molar-refractivity contribution in [2.75, 3.05) is 6.54 Å². The second-order valence-corrected chi connectivity index (χ2v) is 5.32. The van der Waals surface area contributed by atoms with Gasteiger partial charge in [0.25, 0.3) is 5.89 Å². The maximum atomic E-state index is 14.0. The molecule has 0 aliphatic heterocycles. The van der Waals surface area contributed by atoms with Crippen LogP contribution >= 0.6 is 15.9 Å². The zero-order valence-electron chi connectivity index (χ0n) is 11.5. The monoisotopic (exact) mass is 341 g/mol. The molecule has 0 spiro atoms. The molecule has 1 heterocycles. The van der Waals surface area contributed by atoms with E-state index < -0.39 is 5.82 Å². The van der Waals surface area contributed by atoms with Crippen molar-refractivity contribution in [1.82, 2.24) is 15.5 Å². The summed E-state index contributed by atoms with van der Waals surface area (Å²) >= 11 is 3.15. The smallest absolute Gasteiger partial charge is 0.250 e. The lowest BCUT2D eigenvalue weighted by molar-refractivity contribution is 0.395. The van der Waals surface area contributed by atoms with Gasteiger partial charge in [-0.25, -0.2) is 4.39 Å². The van der Waals surface area contributed by atoms with E-state index >= 15 is 0 Å². The molecule has 0 aliphatic rings. The van der Waals surface area contributed by atoms with E-state index in [4.69, 9.17) is 4.42 Å². The summed E-state index contributed by atoms with van der Waals surface area (Å²) in [7, 11) is 0. The number of hydrogen-bond acceptors (Lipinski definition) is 4. The predicted octanol–water partition coefficient (Wildman–Crippen LogP) is 4.09. The average molecular weight is 342 g/mol. The lowest BCUT2D eigenvalue weighted by Gasteiger charge is -2.11. The van der Waals surface area contributed by atoms with Crippen molar-refractivity contribution in [1.29, 1.82) is 0 Å². The number of halogens is 2. The Kier molecular flexibility index (Phi) is 5.25. The fourth-order valence-electron chi connectivity index (χ4n) is 1.88. The summed E-state index contributed by atoms with van der Waals surface area (Å²) in [5, 5.41) is 11.3. The van der Waals surface area contributed by atoms with E-state index in [-0.39, 0.29) is 11.9 Å². The van der Waals surface area contributed by atoms with Gasteiger partial charge in [-0.2, -0.15) is 0 Å². The van der Waals surface area contributed by atoms with Crippen LogP contribution in [0.5, 0.6) is 0 Å². The Bertz CT molecular complexity index is 573. The molecule has 20 heavy (non-hydrogen) atoms. The van der Waals surface area contributed by atoms with Crippen LogP contribution in [0.15, 0.2) is 27.1 Å². The summed E-state index contributed by atoms with van der Waals surface area (Å²) in [6, 6.07) is 5.00. The van der Waals surface area contributed by atoms with Crippen LogP contribution in [0.25, 0.3) is 11.5 Å². The van der Waals surface area contributed by atoms with Crippen LogP contribution in [-0.2, 0) is 0 Å². The molecule has 0 fully saturated rings. The topological polar surface area (TPSA) is 51.0 Å². The maximum absolute atomic E-state index is 14.0. The summed E-state index contributed by atoms with van der Waals surface area (Å²) in [4.78, 5) is 0. The molecule has 0 amide bonds. The van der Waals surface area contributed by atoms with E-state index in [2.05, 4.69) is 38.4 Å². The highest BCUT2D eigenvalue weighted by Crippen LogP contribution is 2.28. The predicted molar refractivity (Wildman–Crippen MR) is 78.7 cm³/mol. The Hall–Kier alpha value is -1.27. The molecule has 4 nitrogen and oxygen atoms in total. The van der Waals surface area contributed by atoms with Gasteiger partial charge >= 0.3 is 0 Å². The summed E-state index contributed by atoms with van der Waals surface area (Å²) in [5.74, 6) is 0.308. The van der Waals surface area contributed by atoms with Gasteiger partial charge in [0.15, 0.2) is 0 Å². The van der Waals surface area contributed by atoms with Gasteiger partial charge in [0.2, 0.25) is 5.89 Å². The first kappa shape index (κ1) is 15.1. The van der Waals surface area contributed by atoms with Crippen molar-refractivity contribution in [2.45, 2.75) is 32.7 Å². The summed E-state index contributed by atoms with van der Waals surface area (Å²) in [6.45, 7) is 5.01. The zero-order chi connectivity index (χ0) is 14.5. The molecule has 1 aromatic carbocycles. The van der Waals surface area contributed by atoms with Gasteiger partial charge in [0.1, 0.15) is 5.82 Å². The van der Waals surface area contributed by atoms with Gasteiger partial charge in [-0.15, -0.1) is 10.2 Å². The molecule has 0 bridgehead atoms. The van der Waals surface area contributed by atoms with Crippen molar-refractivity contribution >= 4 is 15.9 Å². The van der Waals surface area contributed by atoms with Crippen LogP contribution in [0.3, 0.4) is 0 Å². The number of rotatable bonds is 6. The number of aromatic nitrogens is 2. The lowest BCUT2D eigenvalue weighted by atomic mass is 10.2. The van der Waals surface area contributed by atoms with Crippen LogP contribution < -0.4 is 5.32 Å². The molecule has 2 rings (SSSR count). The van der Waals surface area contributed by atoms with E-state index in [1.807, 2.05) is 6.92 Å². The Balaban J connectivity index is 2.26. The fraction of sp³-hybridized carbons (Fsp3) is 0.429. The number of hydrogen-bond donors (Lipinski definition) is 1. The Labute approximate surface area is 125 Å². The fourth-order valence-corrected chi connectivity index (χ4v) is 2.24. The molecule has 1 N–H and O–H groups in total. The molecule has 0 saturated carbocycles. The minimum Gasteiger partial charge on any atom is -0.419 e. The van der Waals surface area contributed by atoms with Gasteiger partial charge in [-0.05, 0) is 47.4 Å². The maximum Gasteiger partial charge on any atom is 0.250 e. The van der Waals surface area contributed by atoms with E-state index in [9.17, 15) is 4.39 Å². The Morgan fingerprint density at radius 1 is 1.35 bits per heavy atom. The number of nitrogens with one attached hydrogen (secondary N) is 1. The molecule has 0 aliphatic carbocycles. The summed E-state index contributed by atoms with van der Waals surface area (Å²) < 4.78 is 20.0. The van der Waals surface area contributed by atoms with E-state index in [0.717, 1.165) is 19.4 Å². The minimum absolute atomic E-state index is 0.00594. The zero-order valence-corrected chi connectivity index (χ0v) is 13.1. The van der Waals surface area contributed by atoms with Crippen LogP contribution in [0.2, 0.25) is 0 Å². The Morgan fingerprint density at radius 3 is 2.85 bits per heavy atom. The molecule has 108 valence electrons. The van der Waals surface area contributed by atoms with Gasteiger partial charge in [-0.3, -0.25) is 0 Å². The number of benzene rings is 1. The first-order valence-electron chi connectivity index (χ1n) is 6.68. The first-order chi connectivity index (χ1) is 9.67. The molecule has 0 radical (unpaired) electrons. The molecule has 1 unspecified atom stereocenters. The van der Waals surface area contributed by atoms with E-state index in [0.29, 0.717) is 15.9 Å². The first-order valence-corrected chi connectivity index (χ1v) is 7.47. The third kappa shape index (κ3) is 3.24. The molecule has 1 atom stereocenters. The Morgan fingerprint density at radius 2 is 2.15 bits per heavy atom. The van der Waals surface area contributed by atoms with Gasteiger partial charge < -0.3 is 9.73 Å². The van der Waals surface area contributed by atoms with Gasteiger partial charge in [0.05, 0.1) is 16.1 Å². The summed E-state index contributed by atoms with van der Waals surface area (Å²) in [5.41, 5.74) is 0.309. The quantitative estimate of drug-likeness (QED) is 0.859. The second-order valence-electron chi connectivity index (χ2n) is 4.46. The second kappa shape index (κ2) is 6.95. The molecular formula is C14H17BrFN3O. The molecule has 6 heteroatoms. The highest BCUT2D eigenvalue weighted by Gasteiger charge is 2.19. The standard InChI is InChI=1S/C14H17BrFN3O/c1-3-8-17-11(4-2)14-19-18-13(20-14)9-6-5-7-10(15)12(9)16/h5-7,11,17H,3-4,8H2,1-2H3. The average Bonchev–Trinajstić information content (AvgIpc) is 2.92. The largest absolute Gasteiger partial charge is 0.419 e. The lowest BCUT2D eigenvalue weighted by Crippen LogP contribution is -2.21. The normalized spacial score (nSPS) is 12.6. The van der Waals surface area contributed by atoms with Crippen LogP contribution in [0, 0.1) is 5.82 Å². The van der Waals surface area contributed by atoms with Crippen molar-refractivity contribution in [3.63, 3.8) is 0 Å². The SMILES string of the molecule is CCCNC(CC)c1nnc(-c2cccc(Br)c2F)o1. The molecule has 2 aromatic rings. The van der Waals surface area contributed by atoms with E-state index in [1.54, 1.807) is 18.2 Å². The van der Waals surface area contributed by atoms with Crippen molar-refractivity contribution in [3.8, 4) is 11.5 Å². The minimum atomic E-state index is -0.391. The van der Waals surface area contributed by atoms with Crippen LogP contribution in [-0.4, -0.2) is 16.7 Å². The highest BCUT2D eigenvalue weighted by molar-refractivity contribution is 9.10. The molecular weight excluding hydrogens is 325 g/mol. The third-order valence-corrected chi connectivity index (χ3v) is 3.58. The van der Waals surface area contributed by atoms with Crippen molar-refractivity contribution in [2.24, 2.45) is 0 Å². The van der Waals surface area contributed by atoms with Crippen molar-refractivity contribution in [3.05, 3.63) is 34.4 Å². The van der Waals surface area contributed by atoms with Gasteiger partial charge in [0, 0.05) is 0 Å². The van der Waals surface area contributed by atoms with E-state index in [1.165, 1.54) is 0 Å². The highest BCUT2D eigenvalue weighted by atomic mass is 79.9.